The van der Waals surface area contributed by atoms with Gasteiger partial charge in [0, 0.05) is 118 Å². The monoisotopic (exact) mass is 1070 g/mol. The molecule has 0 saturated carbocycles. The molecule has 8 heterocycles. The highest BCUT2D eigenvalue weighted by atomic mass is 16.7. The maximum Gasteiger partial charge on any atom is 0.230 e. The summed E-state index contributed by atoms with van der Waals surface area (Å²) in [5.74, 6) is 5.68. The van der Waals surface area contributed by atoms with Gasteiger partial charge in [-0.2, -0.15) is 0 Å². The first-order valence-corrected chi connectivity index (χ1v) is 28.5. The van der Waals surface area contributed by atoms with E-state index >= 15 is 0 Å². The largest absolute Gasteiger partial charge is 0.456 e. The fourth-order valence-corrected chi connectivity index (χ4v) is 13.4. The molecule has 4 aromatic carbocycles. The standard InChI is InChI=1S/C68H68N4O8/c1-37(2)25-45-49-29-51-46(26-38(3)4)53-31-55-48(28-40(7)8)56-32-54-47(27-39(5)6)52-30-50(45)62-58(42-11-19-70-20-12-42)64(52)76-35-78-66(54)60(44-15-23-72-24-16-44)68(56)80-36-79-67(55)59(43-13-21-71-22-14-43)65(53)77-34-75-63(51)57(61(49)73-33-74-62)41-9-17-69-18-10-41/h9-24,29-32,37-40,45-48H,25-28,33-36H2,1-8H3. The van der Waals surface area contributed by atoms with Crippen molar-refractivity contribution in [3.05, 3.63) is 167 Å². The van der Waals surface area contributed by atoms with Gasteiger partial charge in [0.15, 0.2) is 0 Å². The Morgan fingerprint density at radius 2 is 0.450 bits per heavy atom. The third-order valence-electron chi connectivity index (χ3n) is 16.5. The first kappa shape index (κ1) is 51.3. The summed E-state index contributed by atoms with van der Waals surface area (Å²) in [7, 11) is 0. The Morgan fingerprint density at radius 1 is 0.287 bits per heavy atom. The Morgan fingerprint density at radius 3 is 0.600 bits per heavy atom. The Balaban J connectivity index is 1.28. The molecule has 0 fully saturated rings. The quantitative estimate of drug-likeness (QED) is 0.116. The van der Waals surface area contributed by atoms with Crippen LogP contribution in [0.25, 0.3) is 44.5 Å². The van der Waals surface area contributed by atoms with Crippen LogP contribution < -0.4 is 37.9 Å². The van der Waals surface area contributed by atoms with Gasteiger partial charge in [-0.25, -0.2) is 0 Å². The van der Waals surface area contributed by atoms with E-state index < -0.39 is 0 Å². The summed E-state index contributed by atoms with van der Waals surface area (Å²) < 4.78 is 57.5. The van der Waals surface area contributed by atoms with Crippen molar-refractivity contribution in [2.75, 3.05) is 27.2 Å². The molecule has 12 nitrogen and oxygen atoms in total. The van der Waals surface area contributed by atoms with Gasteiger partial charge in [-0.05, 0) is 144 Å². The highest BCUT2D eigenvalue weighted by molar-refractivity contribution is 5.88. The second-order valence-electron chi connectivity index (χ2n) is 23.7. The van der Waals surface area contributed by atoms with Crippen molar-refractivity contribution < 1.29 is 37.9 Å². The van der Waals surface area contributed by atoms with E-state index in [9.17, 15) is 0 Å². The molecule has 1 aliphatic carbocycles. The molecular formula is C68H68N4O8. The summed E-state index contributed by atoms with van der Waals surface area (Å²) in [5, 5.41) is 0. The van der Waals surface area contributed by atoms with Gasteiger partial charge in [-0.15, -0.1) is 0 Å². The van der Waals surface area contributed by atoms with Crippen molar-refractivity contribution in [2.24, 2.45) is 23.7 Å². The molecular weight excluding hydrogens is 1000 g/mol. The minimum Gasteiger partial charge on any atom is -0.456 e. The summed E-state index contributed by atoms with van der Waals surface area (Å²) in [4.78, 5) is 18.1. The molecule has 8 aromatic rings. The molecule has 0 radical (unpaired) electrons. The Hall–Kier alpha value is -8.12. The predicted molar refractivity (Wildman–Crippen MR) is 308 cm³/mol. The lowest BCUT2D eigenvalue weighted by Crippen LogP contribution is -2.25. The molecule has 4 aliphatic heterocycles. The molecule has 0 saturated heterocycles. The summed E-state index contributed by atoms with van der Waals surface area (Å²) >= 11 is 0. The van der Waals surface area contributed by atoms with Crippen LogP contribution in [-0.2, 0) is 0 Å². The van der Waals surface area contributed by atoms with Gasteiger partial charge in [-0.1, -0.05) is 55.4 Å². The number of aromatic nitrogens is 4. The van der Waals surface area contributed by atoms with Crippen LogP contribution in [0.5, 0.6) is 46.0 Å². The van der Waals surface area contributed by atoms with E-state index in [4.69, 9.17) is 37.9 Å². The van der Waals surface area contributed by atoms with Gasteiger partial charge in [0.2, 0.25) is 27.2 Å². The first-order valence-electron chi connectivity index (χ1n) is 28.5. The third-order valence-corrected chi connectivity index (χ3v) is 16.5. The van der Waals surface area contributed by atoms with Crippen LogP contribution >= 0.6 is 0 Å². The average Bonchev–Trinajstić information content (AvgIpc) is 3.63. The number of rotatable bonds is 12. The fourth-order valence-electron chi connectivity index (χ4n) is 13.4. The Labute approximate surface area is 468 Å². The van der Waals surface area contributed by atoms with Gasteiger partial charge in [0.1, 0.15) is 46.0 Å². The number of hydrogen-bond acceptors (Lipinski definition) is 12. The van der Waals surface area contributed by atoms with Gasteiger partial charge < -0.3 is 37.9 Å². The van der Waals surface area contributed by atoms with Crippen LogP contribution in [0.2, 0.25) is 0 Å². The Kier molecular flexibility index (Phi) is 13.6. The summed E-state index contributed by atoms with van der Waals surface area (Å²) in [6, 6.07) is 26.1. The van der Waals surface area contributed by atoms with Crippen molar-refractivity contribution in [3.63, 3.8) is 0 Å². The molecule has 0 unspecified atom stereocenters. The zero-order valence-electron chi connectivity index (χ0n) is 46.9. The summed E-state index contributed by atoms with van der Waals surface area (Å²) in [6.45, 7) is 18.1. The number of ether oxygens (including phenoxy) is 8. The molecule has 0 N–H and O–H groups in total. The van der Waals surface area contributed by atoms with E-state index in [-0.39, 0.29) is 74.5 Å². The van der Waals surface area contributed by atoms with E-state index in [1.165, 1.54) is 0 Å². The lowest BCUT2D eigenvalue weighted by atomic mass is 9.72. The van der Waals surface area contributed by atoms with Crippen molar-refractivity contribution in [2.45, 2.75) is 105 Å². The normalized spacial score (nSPS) is 18.2. The van der Waals surface area contributed by atoms with E-state index in [0.29, 0.717) is 46.0 Å². The molecule has 4 aromatic heterocycles. The first-order chi connectivity index (χ1) is 39.0. The summed E-state index contributed by atoms with van der Waals surface area (Å²) in [6.07, 6.45) is 17.8. The van der Waals surface area contributed by atoms with Crippen molar-refractivity contribution in [3.8, 4) is 90.5 Å². The van der Waals surface area contributed by atoms with Gasteiger partial charge in [0.25, 0.3) is 0 Å². The second-order valence-corrected chi connectivity index (χ2v) is 23.7. The Bertz CT molecular complexity index is 3010. The minimum absolute atomic E-state index is 0.0915. The zero-order valence-corrected chi connectivity index (χ0v) is 46.9. The molecule has 408 valence electrons. The highest BCUT2D eigenvalue weighted by Gasteiger charge is 2.43. The smallest absolute Gasteiger partial charge is 0.230 e. The van der Waals surface area contributed by atoms with Crippen molar-refractivity contribution >= 4 is 0 Å². The van der Waals surface area contributed by atoms with Gasteiger partial charge >= 0.3 is 0 Å². The summed E-state index contributed by atoms with van der Waals surface area (Å²) in [5.41, 5.74) is 15.5. The minimum atomic E-state index is -0.245. The second kappa shape index (κ2) is 21.2. The molecule has 8 bridgehead atoms. The maximum atomic E-state index is 7.18. The number of nitrogens with zero attached hydrogens (tertiary/aromatic N) is 4. The number of benzene rings is 4. The van der Waals surface area contributed by atoms with Crippen LogP contribution in [0, 0.1) is 23.7 Å². The average molecular weight is 1070 g/mol. The highest BCUT2D eigenvalue weighted by Crippen LogP contribution is 2.62. The van der Waals surface area contributed by atoms with E-state index in [0.717, 1.165) is 115 Å². The van der Waals surface area contributed by atoms with Crippen LogP contribution in [0.1, 0.15) is 149 Å². The maximum absolute atomic E-state index is 7.18. The predicted octanol–water partition coefficient (Wildman–Crippen LogP) is 15.9. The van der Waals surface area contributed by atoms with E-state index in [1.807, 2.05) is 49.6 Å². The van der Waals surface area contributed by atoms with Crippen molar-refractivity contribution in [1.29, 1.82) is 0 Å². The molecule has 0 spiro atoms. The van der Waals surface area contributed by atoms with E-state index in [1.54, 1.807) is 0 Å². The fraction of sp³-hybridized carbons (Fsp3) is 0.353. The molecule has 12 heteroatoms. The topological polar surface area (TPSA) is 125 Å². The SMILES string of the molecule is CC(C)CC1c2cc3c4c(-c5ccncc5)c2OCOc2c1cc1c(c2-c2ccncc2)OCOc2c(cc5c(c2-c2ccncc2)OCOc2c(cc(c(c2-c2ccncc2)OCO4)C3CC(C)C)C5CC(C)C)C1CC(C)C. The zero-order chi connectivity index (χ0) is 54.8. The van der Waals surface area contributed by atoms with Crippen molar-refractivity contribution in [1.82, 2.24) is 19.9 Å². The molecule has 80 heavy (non-hydrogen) atoms. The van der Waals surface area contributed by atoms with Crippen LogP contribution in [-0.4, -0.2) is 47.1 Å². The van der Waals surface area contributed by atoms with Gasteiger partial charge in [-0.3, -0.25) is 19.9 Å². The lowest BCUT2D eigenvalue weighted by Gasteiger charge is -2.38. The number of hydrogen-bond donors (Lipinski definition) is 0. The van der Waals surface area contributed by atoms with E-state index in [2.05, 4.69) is 148 Å². The molecule has 5 aliphatic rings. The van der Waals surface area contributed by atoms with Gasteiger partial charge in [0.05, 0.1) is 22.3 Å². The lowest BCUT2D eigenvalue weighted by molar-refractivity contribution is 0.100. The molecule has 13 rings (SSSR count). The third kappa shape index (κ3) is 9.00. The van der Waals surface area contributed by atoms with Crippen LogP contribution in [0.3, 0.4) is 0 Å². The molecule has 0 atom stereocenters. The van der Waals surface area contributed by atoms with Crippen LogP contribution in [0.4, 0.5) is 0 Å². The van der Waals surface area contributed by atoms with Crippen LogP contribution in [0.15, 0.2) is 122 Å². The number of pyridine rings is 4. The molecule has 0 amide bonds.